The third-order valence-electron chi connectivity index (χ3n) is 5.61. The van der Waals surface area contributed by atoms with E-state index >= 15 is 0 Å². The van der Waals surface area contributed by atoms with Crippen molar-refractivity contribution >= 4 is 17.4 Å². The number of fused-ring (bicyclic) bond motifs is 1. The molecular formula is C25H26N4O4. The Hall–Kier alpha value is -3.65. The van der Waals surface area contributed by atoms with Crippen molar-refractivity contribution in [3.8, 4) is 11.5 Å². The first-order chi connectivity index (χ1) is 16.0. The molecule has 1 aromatic carbocycles. The molecule has 8 nitrogen and oxygen atoms in total. The van der Waals surface area contributed by atoms with Crippen LogP contribution in [0.3, 0.4) is 0 Å². The second-order valence-electron chi connectivity index (χ2n) is 8.18. The Morgan fingerprint density at radius 2 is 1.82 bits per heavy atom. The third kappa shape index (κ3) is 4.75. The van der Waals surface area contributed by atoms with Crippen molar-refractivity contribution in [1.82, 2.24) is 14.9 Å². The average molecular weight is 447 g/mol. The molecule has 33 heavy (non-hydrogen) atoms. The summed E-state index contributed by atoms with van der Waals surface area (Å²) in [4.78, 5) is 24.2. The van der Waals surface area contributed by atoms with E-state index in [1.807, 2.05) is 44.2 Å². The van der Waals surface area contributed by atoms with Crippen molar-refractivity contribution in [2.24, 2.45) is 0 Å². The first kappa shape index (κ1) is 21.2. The monoisotopic (exact) mass is 446 g/mol. The molecule has 1 saturated heterocycles. The number of amides is 1. The van der Waals surface area contributed by atoms with Crippen molar-refractivity contribution < 1.29 is 19.0 Å². The number of morpholine rings is 1. The van der Waals surface area contributed by atoms with Crippen LogP contribution < -0.4 is 14.8 Å². The van der Waals surface area contributed by atoms with Crippen LogP contribution >= 0.6 is 0 Å². The minimum atomic E-state index is -0.314. The number of aryl methyl sites for hydroxylation is 2. The van der Waals surface area contributed by atoms with Crippen molar-refractivity contribution in [1.29, 1.82) is 0 Å². The molecule has 2 aromatic heterocycles. The molecule has 5 rings (SSSR count). The van der Waals surface area contributed by atoms with E-state index in [1.54, 1.807) is 23.1 Å². The highest BCUT2D eigenvalue weighted by atomic mass is 16.6. The number of ether oxygens (including phenoxy) is 3. The minimum Gasteiger partial charge on any atom is -0.486 e. The number of carbonyl (C=O) groups excluding carboxylic acids is 1. The molecule has 0 radical (unpaired) electrons. The van der Waals surface area contributed by atoms with Crippen LogP contribution in [-0.2, 0) is 4.74 Å². The maximum atomic E-state index is 13.2. The summed E-state index contributed by atoms with van der Waals surface area (Å²) >= 11 is 0. The number of aromatic nitrogens is 2. The first-order valence-electron chi connectivity index (χ1n) is 11.0. The highest BCUT2D eigenvalue weighted by Crippen LogP contribution is 2.32. The fourth-order valence-corrected chi connectivity index (χ4v) is 4.06. The lowest BCUT2D eigenvalue weighted by Crippen LogP contribution is -2.42. The van der Waals surface area contributed by atoms with Crippen LogP contribution in [0.15, 0.2) is 48.5 Å². The zero-order valence-electron chi connectivity index (χ0n) is 18.7. The van der Waals surface area contributed by atoms with Gasteiger partial charge in [0.1, 0.15) is 25.1 Å². The second kappa shape index (κ2) is 9.07. The lowest BCUT2D eigenvalue weighted by atomic mass is 10.1. The molecule has 1 amide bonds. The number of nitrogens with zero attached hydrogens (tertiary/aromatic N) is 3. The van der Waals surface area contributed by atoms with E-state index in [9.17, 15) is 4.79 Å². The van der Waals surface area contributed by atoms with Gasteiger partial charge in [0.05, 0.1) is 18.8 Å². The van der Waals surface area contributed by atoms with E-state index in [4.69, 9.17) is 14.2 Å². The molecule has 1 N–H and O–H groups in total. The van der Waals surface area contributed by atoms with Crippen LogP contribution in [-0.4, -0.2) is 53.7 Å². The summed E-state index contributed by atoms with van der Waals surface area (Å²) in [7, 11) is 0. The Bertz CT molecular complexity index is 1180. The van der Waals surface area contributed by atoms with Gasteiger partial charge in [0.2, 0.25) is 0 Å². The topological polar surface area (TPSA) is 85.8 Å². The van der Waals surface area contributed by atoms with E-state index in [2.05, 4.69) is 15.3 Å². The zero-order chi connectivity index (χ0) is 22.8. The summed E-state index contributed by atoms with van der Waals surface area (Å²) in [5.41, 5.74) is 4.04. The van der Waals surface area contributed by atoms with Gasteiger partial charge in [0.25, 0.3) is 5.91 Å². The minimum absolute atomic E-state index is 0.0600. The van der Waals surface area contributed by atoms with Gasteiger partial charge < -0.3 is 24.4 Å². The van der Waals surface area contributed by atoms with Crippen LogP contribution in [0.5, 0.6) is 11.5 Å². The van der Waals surface area contributed by atoms with E-state index < -0.39 is 0 Å². The number of hydrogen-bond acceptors (Lipinski definition) is 7. The van der Waals surface area contributed by atoms with E-state index in [0.717, 1.165) is 28.6 Å². The number of rotatable bonds is 4. The maximum absolute atomic E-state index is 13.2. The van der Waals surface area contributed by atoms with Crippen molar-refractivity contribution in [3.63, 3.8) is 0 Å². The van der Waals surface area contributed by atoms with Gasteiger partial charge in [0, 0.05) is 29.2 Å². The average Bonchev–Trinajstić information content (AvgIpc) is 2.83. The molecule has 0 aliphatic carbocycles. The van der Waals surface area contributed by atoms with Gasteiger partial charge in [-0.3, -0.25) is 9.78 Å². The van der Waals surface area contributed by atoms with Crippen molar-refractivity contribution in [2.45, 2.75) is 20.0 Å². The molecular weight excluding hydrogens is 420 g/mol. The number of pyridine rings is 2. The van der Waals surface area contributed by atoms with Crippen LogP contribution in [0, 0.1) is 13.8 Å². The summed E-state index contributed by atoms with van der Waals surface area (Å²) in [6.45, 7) is 6.29. The standard InChI is InChI=1S/C25H26N4O4/c1-16-4-3-5-24(27-16)28-19-12-17(2)26-20(14-19)23-15-29(8-9-31-23)25(30)18-6-7-21-22(13-18)33-11-10-32-21/h3-7,12-14,23H,8-11,15H2,1-2H3,(H,26,27,28)/t23-/m0/s1. The Morgan fingerprint density at radius 1 is 0.970 bits per heavy atom. The molecule has 2 aliphatic rings. The van der Waals surface area contributed by atoms with Gasteiger partial charge in [0.15, 0.2) is 11.5 Å². The normalized spacial score (nSPS) is 17.5. The lowest BCUT2D eigenvalue weighted by Gasteiger charge is -2.33. The molecule has 0 unspecified atom stereocenters. The van der Waals surface area contributed by atoms with Crippen LogP contribution in [0.4, 0.5) is 11.5 Å². The summed E-state index contributed by atoms with van der Waals surface area (Å²) in [6, 6.07) is 15.1. The number of carbonyl (C=O) groups is 1. The molecule has 2 aliphatic heterocycles. The Labute approximate surface area is 192 Å². The molecule has 0 spiro atoms. The van der Waals surface area contributed by atoms with Gasteiger partial charge in [-0.25, -0.2) is 4.98 Å². The Morgan fingerprint density at radius 3 is 2.67 bits per heavy atom. The summed E-state index contributed by atoms with van der Waals surface area (Å²) in [5.74, 6) is 1.99. The molecule has 1 fully saturated rings. The maximum Gasteiger partial charge on any atom is 0.254 e. The fraction of sp³-hybridized carbons (Fsp3) is 0.320. The second-order valence-corrected chi connectivity index (χ2v) is 8.18. The molecule has 0 bridgehead atoms. The van der Waals surface area contributed by atoms with Crippen LogP contribution in [0.2, 0.25) is 0 Å². The summed E-state index contributed by atoms with van der Waals surface area (Å²) in [5, 5.41) is 3.34. The van der Waals surface area contributed by atoms with Gasteiger partial charge in [-0.1, -0.05) is 6.07 Å². The molecule has 170 valence electrons. The van der Waals surface area contributed by atoms with E-state index in [0.29, 0.717) is 50.0 Å². The number of hydrogen-bond donors (Lipinski definition) is 1. The highest BCUT2D eigenvalue weighted by molar-refractivity contribution is 5.95. The molecule has 1 atom stereocenters. The molecule has 4 heterocycles. The SMILES string of the molecule is Cc1cccc(Nc2cc(C)nc([C@@H]3CN(C(=O)c4ccc5c(c4)OCCO5)CCO3)c2)n1. The third-order valence-corrected chi connectivity index (χ3v) is 5.61. The van der Waals surface area contributed by atoms with Gasteiger partial charge in [-0.05, 0) is 56.3 Å². The highest BCUT2D eigenvalue weighted by Gasteiger charge is 2.28. The number of benzene rings is 1. The van der Waals surface area contributed by atoms with E-state index in [1.165, 1.54) is 0 Å². The quantitative estimate of drug-likeness (QED) is 0.652. The smallest absolute Gasteiger partial charge is 0.254 e. The number of anilines is 2. The van der Waals surface area contributed by atoms with Crippen molar-refractivity contribution in [2.75, 3.05) is 38.2 Å². The molecule has 3 aromatic rings. The van der Waals surface area contributed by atoms with Gasteiger partial charge in [-0.15, -0.1) is 0 Å². The largest absolute Gasteiger partial charge is 0.486 e. The Balaban J connectivity index is 1.33. The van der Waals surface area contributed by atoms with Gasteiger partial charge >= 0.3 is 0 Å². The fourth-order valence-electron chi connectivity index (χ4n) is 4.06. The zero-order valence-corrected chi connectivity index (χ0v) is 18.7. The van der Waals surface area contributed by atoms with Crippen LogP contribution in [0.25, 0.3) is 0 Å². The Kier molecular flexibility index (Phi) is 5.83. The predicted molar refractivity (Wildman–Crippen MR) is 123 cm³/mol. The van der Waals surface area contributed by atoms with Gasteiger partial charge in [-0.2, -0.15) is 0 Å². The first-order valence-corrected chi connectivity index (χ1v) is 11.0. The lowest BCUT2D eigenvalue weighted by molar-refractivity contribution is -0.0247. The number of nitrogens with one attached hydrogen (secondary N) is 1. The molecule has 8 heteroatoms. The van der Waals surface area contributed by atoms with E-state index in [-0.39, 0.29) is 12.0 Å². The predicted octanol–water partition coefficient (Wildman–Crippen LogP) is 3.82. The summed E-state index contributed by atoms with van der Waals surface area (Å²) < 4.78 is 17.2. The molecule has 0 saturated carbocycles. The summed E-state index contributed by atoms with van der Waals surface area (Å²) in [6.07, 6.45) is -0.314. The van der Waals surface area contributed by atoms with Crippen LogP contribution in [0.1, 0.15) is 33.5 Å². The van der Waals surface area contributed by atoms with Crippen molar-refractivity contribution in [3.05, 3.63) is 71.2 Å².